The molecule has 86 valence electrons. The van der Waals surface area contributed by atoms with Gasteiger partial charge in [-0.25, -0.2) is 0 Å². The number of aliphatic hydroxyl groups is 1. The van der Waals surface area contributed by atoms with Gasteiger partial charge < -0.3 is 5.11 Å². The molecule has 0 saturated heterocycles. The Kier molecular flexibility index (Phi) is 3.53. The van der Waals surface area contributed by atoms with Gasteiger partial charge in [-0.1, -0.05) is 23.2 Å². The first-order chi connectivity index (χ1) is 7.58. The Morgan fingerprint density at radius 3 is 2.75 bits per heavy atom. The van der Waals surface area contributed by atoms with Gasteiger partial charge in [0, 0.05) is 16.5 Å². The van der Waals surface area contributed by atoms with Crippen molar-refractivity contribution in [3.05, 3.63) is 33.8 Å². The van der Waals surface area contributed by atoms with Crippen LogP contribution in [0.3, 0.4) is 0 Å². The SMILES string of the molecule is O=C(Cc1cc(Cl)ccc1Cl)C(O)C1CC1. The maximum Gasteiger partial charge on any atom is 0.165 e. The zero-order chi connectivity index (χ0) is 11.7. The van der Waals surface area contributed by atoms with Gasteiger partial charge in [-0.05, 0) is 42.5 Å². The van der Waals surface area contributed by atoms with Gasteiger partial charge >= 0.3 is 0 Å². The monoisotopic (exact) mass is 258 g/mol. The molecule has 2 rings (SSSR count). The molecule has 0 bridgehead atoms. The molecule has 1 aromatic carbocycles. The standard InChI is InChI=1S/C12H12Cl2O2/c13-9-3-4-10(14)8(5-9)6-11(15)12(16)7-1-2-7/h3-5,7,12,16H,1-2,6H2. The van der Waals surface area contributed by atoms with Crippen molar-refractivity contribution in [2.75, 3.05) is 0 Å². The third-order valence-corrected chi connectivity index (χ3v) is 3.37. The number of carbonyl (C=O) groups is 1. The Morgan fingerprint density at radius 2 is 2.12 bits per heavy atom. The molecule has 1 fully saturated rings. The van der Waals surface area contributed by atoms with Crippen molar-refractivity contribution in [3.8, 4) is 0 Å². The summed E-state index contributed by atoms with van der Waals surface area (Å²) >= 11 is 11.8. The molecule has 0 radical (unpaired) electrons. The van der Waals surface area contributed by atoms with Crippen LogP contribution in [0.15, 0.2) is 18.2 Å². The Morgan fingerprint density at radius 1 is 1.44 bits per heavy atom. The van der Waals surface area contributed by atoms with Crippen LogP contribution in [0, 0.1) is 5.92 Å². The third-order valence-electron chi connectivity index (χ3n) is 2.77. The number of Topliss-reactive ketones (excluding diaryl/α,β-unsaturated/α-hetero) is 1. The summed E-state index contributed by atoms with van der Waals surface area (Å²) in [4.78, 5) is 11.7. The average molecular weight is 259 g/mol. The van der Waals surface area contributed by atoms with E-state index in [9.17, 15) is 9.90 Å². The molecule has 1 aromatic rings. The number of aliphatic hydroxyl groups excluding tert-OH is 1. The predicted molar refractivity (Wildman–Crippen MR) is 63.9 cm³/mol. The van der Waals surface area contributed by atoms with Crippen LogP contribution in [0.25, 0.3) is 0 Å². The van der Waals surface area contributed by atoms with E-state index >= 15 is 0 Å². The summed E-state index contributed by atoms with van der Waals surface area (Å²) in [5.41, 5.74) is 0.680. The van der Waals surface area contributed by atoms with E-state index in [0.717, 1.165) is 12.8 Å². The van der Waals surface area contributed by atoms with Crippen LogP contribution in [-0.4, -0.2) is 17.0 Å². The van der Waals surface area contributed by atoms with Crippen molar-refractivity contribution >= 4 is 29.0 Å². The molecule has 1 saturated carbocycles. The van der Waals surface area contributed by atoms with Crippen LogP contribution < -0.4 is 0 Å². The smallest absolute Gasteiger partial charge is 0.165 e. The van der Waals surface area contributed by atoms with Crippen molar-refractivity contribution in [2.24, 2.45) is 5.92 Å². The van der Waals surface area contributed by atoms with Crippen LogP contribution in [0.4, 0.5) is 0 Å². The van der Waals surface area contributed by atoms with Gasteiger partial charge in [0.2, 0.25) is 0 Å². The highest BCUT2D eigenvalue weighted by Gasteiger charge is 2.34. The first kappa shape index (κ1) is 11.9. The van der Waals surface area contributed by atoms with E-state index < -0.39 is 6.10 Å². The minimum atomic E-state index is -0.838. The molecule has 0 aromatic heterocycles. The molecule has 16 heavy (non-hydrogen) atoms. The average Bonchev–Trinajstić information content (AvgIpc) is 3.06. The summed E-state index contributed by atoms with van der Waals surface area (Å²) in [5.74, 6) is -0.0165. The van der Waals surface area contributed by atoms with Gasteiger partial charge in [-0.3, -0.25) is 4.79 Å². The normalized spacial score (nSPS) is 17.2. The lowest BCUT2D eigenvalue weighted by Crippen LogP contribution is -2.24. The van der Waals surface area contributed by atoms with Gasteiger partial charge in [0.05, 0.1) is 0 Å². The van der Waals surface area contributed by atoms with Crippen LogP contribution in [-0.2, 0) is 11.2 Å². The summed E-state index contributed by atoms with van der Waals surface area (Å²) in [7, 11) is 0. The molecule has 1 aliphatic carbocycles. The van der Waals surface area contributed by atoms with Crippen molar-refractivity contribution in [2.45, 2.75) is 25.4 Å². The maximum atomic E-state index is 11.7. The molecule has 0 amide bonds. The maximum absolute atomic E-state index is 11.7. The summed E-state index contributed by atoms with van der Waals surface area (Å²) in [5, 5.41) is 10.7. The Labute approximate surface area is 104 Å². The predicted octanol–water partition coefficient (Wildman–Crippen LogP) is 2.88. The number of hydrogen-bond donors (Lipinski definition) is 1. The minimum Gasteiger partial charge on any atom is -0.385 e. The number of ketones is 1. The first-order valence-corrected chi connectivity index (χ1v) is 5.98. The van der Waals surface area contributed by atoms with E-state index in [1.165, 1.54) is 0 Å². The highest BCUT2D eigenvalue weighted by atomic mass is 35.5. The minimum absolute atomic E-state index is 0.150. The number of benzene rings is 1. The van der Waals surface area contributed by atoms with Crippen LogP contribution in [0.2, 0.25) is 10.0 Å². The quantitative estimate of drug-likeness (QED) is 0.902. The Bertz CT molecular complexity index is 413. The van der Waals surface area contributed by atoms with E-state index in [1.807, 2.05) is 0 Å². The Hall–Kier alpha value is -0.570. The van der Waals surface area contributed by atoms with Crippen molar-refractivity contribution in [3.63, 3.8) is 0 Å². The highest BCUT2D eigenvalue weighted by molar-refractivity contribution is 6.33. The van der Waals surface area contributed by atoms with Crippen molar-refractivity contribution < 1.29 is 9.90 Å². The molecule has 2 nitrogen and oxygen atoms in total. The fourth-order valence-electron chi connectivity index (χ4n) is 1.65. The van der Waals surface area contributed by atoms with E-state index in [4.69, 9.17) is 23.2 Å². The fraction of sp³-hybridized carbons (Fsp3) is 0.417. The second-order valence-corrected chi connectivity index (χ2v) is 5.00. The van der Waals surface area contributed by atoms with Crippen LogP contribution >= 0.6 is 23.2 Å². The summed E-state index contributed by atoms with van der Waals surface area (Å²) in [6, 6.07) is 5.01. The summed E-state index contributed by atoms with van der Waals surface area (Å²) in [6.45, 7) is 0. The lowest BCUT2D eigenvalue weighted by molar-refractivity contribution is -0.127. The van der Waals surface area contributed by atoms with E-state index in [2.05, 4.69) is 0 Å². The molecule has 1 aliphatic rings. The first-order valence-electron chi connectivity index (χ1n) is 5.22. The molecule has 1 atom stereocenters. The number of halogens is 2. The van der Waals surface area contributed by atoms with Crippen molar-refractivity contribution in [1.29, 1.82) is 0 Å². The zero-order valence-corrected chi connectivity index (χ0v) is 10.1. The van der Waals surface area contributed by atoms with Gasteiger partial charge in [0.15, 0.2) is 5.78 Å². The molecular formula is C12H12Cl2O2. The largest absolute Gasteiger partial charge is 0.385 e. The molecule has 1 unspecified atom stereocenters. The lowest BCUT2D eigenvalue weighted by Gasteiger charge is -2.09. The number of rotatable bonds is 4. The van der Waals surface area contributed by atoms with Gasteiger partial charge in [-0.2, -0.15) is 0 Å². The van der Waals surface area contributed by atoms with E-state index in [0.29, 0.717) is 15.6 Å². The molecular weight excluding hydrogens is 247 g/mol. The second kappa shape index (κ2) is 4.74. The molecule has 1 N–H and O–H groups in total. The molecule has 0 aliphatic heterocycles. The summed E-state index contributed by atoms with van der Waals surface area (Å²) < 4.78 is 0. The topological polar surface area (TPSA) is 37.3 Å². The third kappa shape index (κ3) is 2.76. The van der Waals surface area contributed by atoms with E-state index in [1.54, 1.807) is 18.2 Å². The highest BCUT2D eigenvalue weighted by Crippen LogP contribution is 2.33. The molecule has 0 spiro atoms. The second-order valence-electron chi connectivity index (χ2n) is 4.16. The van der Waals surface area contributed by atoms with Crippen LogP contribution in [0.5, 0.6) is 0 Å². The van der Waals surface area contributed by atoms with Crippen LogP contribution in [0.1, 0.15) is 18.4 Å². The number of carbonyl (C=O) groups excluding carboxylic acids is 1. The molecule has 4 heteroatoms. The van der Waals surface area contributed by atoms with Gasteiger partial charge in [0.25, 0.3) is 0 Å². The number of hydrogen-bond acceptors (Lipinski definition) is 2. The zero-order valence-electron chi connectivity index (χ0n) is 8.62. The molecule has 0 heterocycles. The van der Waals surface area contributed by atoms with Gasteiger partial charge in [-0.15, -0.1) is 0 Å². The lowest BCUT2D eigenvalue weighted by atomic mass is 10.0. The van der Waals surface area contributed by atoms with E-state index in [-0.39, 0.29) is 18.1 Å². The summed E-state index contributed by atoms with van der Waals surface area (Å²) in [6.07, 6.45) is 1.19. The fourth-order valence-corrected chi connectivity index (χ4v) is 2.02. The van der Waals surface area contributed by atoms with Crippen molar-refractivity contribution in [1.82, 2.24) is 0 Å². The van der Waals surface area contributed by atoms with Gasteiger partial charge in [0.1, 0.15) is 6.10 Å². The Balaban J connectivity index is 2.07.